The number of primary amides is 1. The highest BCUT2D eigenvalue weighted by molar-refractivity contribution is 6.01. The van der Waals surface area contributed by atoms with Crippen molar-refractivity contribution in [2.45, 2.75) is 13.0 Å². The van der Waals surface area contributed by atoms with Crippen LogP contribution in [0.2, 0.25) is 0 Å². The zero-order valence-electron chi connectivity index (χ0n) is 11.5. The molecule has 5 N–H and O–H groups in total. The monoisotopic (exact) mass is 288 g/mol. The molecule has 5 heteroatoms. The number of carbonyl (C=O) groups is 1. The molecular formula is C16H17FN2O2. The van der Waals surface area contributed by atoms with E-state index in [-0.39, 0.29) is 25.1 Å². The molecule has 4 nitrogen and oxygen atoms in total. The second-order valence-electron chi connectivity index (χ2n) is 4.65. The molecule has 1 amide bonds. The Bertz CT molecular complexity index is 657. The topological polar surface area (TPSA) is 89.3 Å². The number of amides is 1. The molecule has 110 valence electrons. The zero-order chi connectivity index (χ0) is 15.4. The van der Waals surface area contributed by atoms with Crippen molar-refractivity contribution >= 4 is 5.91 Å². The molecule has 0 spiro atoms. The summed E-state index contributed by atoms with van der Waals surface area (Å²) in [6, 6.07) is 10.2. The first-order valence-corrected chi connectivity index (χ1v) is 6.60. The smallest absolute Gasteiger partial charge is 0.249 e. The quantitative estimate of drug-likeness (QED) is 0.780. The maximum Gasteiger partial charge on any atom is 0.249 e. The molecule has 0 aromatic heterocycles. The van der Waals surface area contributed by atoms with E-state index in [2.05, 4.69) is 0 Å². The van der Waals surface area contributed by atoms with Crippen LogP contribution in [0.1, 0.15) is 21.5 Å². The average Bonchev–Trinajstić information content (AvgIpc) is 2.49. The van der Waals surface area contributed by atoms with E-state index in [1.807, 2.05) is 30.3 Å². The Morgan fingerprint density at radius 3 is 2.38 bits per heavy atom. The highest BCUT2D eigenvalue weighted by Crippen LogP contribution is 2.32. The van der Waals surface area contributed by atoms with E-state index in [0.717, 1.165) is 11.6 Å². The third-order valence-electron chi connectivity index (χ3n) is 3.39. The van der Waals surface area contributed by atoms with Crippen molar-refractivity contribution in [1.29, 1.82) is 0 Å². The predicted molar refractivity (Wildman–Crippen MR) is 79.0 cm³/mol. The number of carbonyl (C=O) groups excluding carboxylic acids is 1. The average molecular weight is 288 g/mol. The minimum atomic E-state index is -0.710. The summed E-state index contributed by atoms with van der Waals surface area (Å²) >= 11 is 0. The standard InChI is InChI=1S/C16H17FN2O2/c17-14-8-12(16(19)21)15(10-4-2-1-3-5-10)13(9-18)11(14)6-7-20/h1-5,8,20H,6-7,9,18H2,(H2,19,21). The lowest BCUT2D eigenvalue weighted by Gasteiger charge is -2.17. The fourth-order valence-electron chi connectivity index (χ4n) is 2.48. The molecule has 0 unspecified atom stereocenters. The third-order valence-corrected chi connectivity index (χ3v) is 3.39. The summed E-state index contributed by atoms with van der Waals surface area (Å²) in [7, 11) is 0. The van der Waals surface area contributed by atoms with Gasteiger partial charge in [0.05, 0.1) is 5.56 Å². The third kappa shape index (κ3) is 2.94. The number of hydrogen-bond donors (Lipinski definition) is 3. The lowest BCUT2D eigenvalue weighted by molar-refractivity contribution is 0.100. The van der Waals surface area contributed by atoms with Crippen LogP contribution in [-0.4, -0.2) is 17.6 Å². The van der Waals surface area contributed by atoms with Gasteiger partial charge in [0.2, 0.25) is 5.91 Å². The Morgan fingerprint density at radius 1 is 1.19 bits per heavy atom. The van der Waals surface area contributed by atoms with Gasteiger partial charge >= 0.3 is 0 Å². The van der Waals surface area contributed by atoms with Crippen LogP contribution in [0, 0.1) is 5.82 Å². The Balaban J connectivity index is 2.81. The summed E-state index contributed by atoms with van der Waals surface area (Å²) in [6.45, 7) is -0.147. The van der Waals surface area contributed by atoms with Crippen molar-refractivity contribution in [1.82, 2.24) is 0 Å². The number of aliphatic hydroxyl groups excluding tert-OH is 1. The molecule has 0 aliphatic heterocycles. The number of halogens is 1. The SMILES string of the molecule is NCc1c(CCO)c(F)cc(C(N)=O)c1-c1ccccc1. The lowest BCUT2D eigenvalue weighted by Crippen LogP contribution is -2.17. The van der Waals surface area contributed by atoms with Crippen LogP contribution in [0.15, 0.2) is 36.4 Å². The second-order valence-corrected chi connectivity index (χ2v) is 4.65. The van der Waals surface area contributed by atoms with Gasteiger partial charge in [-0.1, -0.05) is 30.3 Å². The van der Waals surface area contributed by atoms with E-state index in [1.165, 1.54) is 0 Å². The van der Waals surface area contributed by atoms with Crippen LogP contribution >= 0.6 is 0 Å². The first kappa shape index (κ1) is 15.2. The van der Waals surface area contributed by atoms with Crippen molar-refractivity contribution in [2.75, 3.05) is 6.61 Å². The molecule has 0 atom stereocenters. The van der Waals surface area contributed by atoms with E-state index >= 15 is 0 Å². The van der Waals surface area contributed by atoms with Crippen LogP contribution in [-0.2, 0) is 13.0 Å². The van der Waals surface area contributed by atoms with Crippen LogP contribution in [0.4, 0.5) is 4.39 Å². The molecule has 2 aromatic rings. The van der Waals surface area contributed by atoms with Gasteiger partial charge in [-0.2, -0.15) is 0 Å². The number of rotatable bonds is 5. The van der Waals surface area contributed by atoms with Crippen molar-refractivity contribution in [3.63, 3.8) is 0 Å². The maximum atomic E-state index is 14.2. The second kappa shape index (κ2) is 6.47. The van der Waals surface area contributed by atoms with Crippen LogP contribution in [0.5, 0.6) is 0 Å². The minimum Gasteiger partial charge on any atom is -0.396 e. The van der Waals surface area contributed by atoms with E-state index in [0.29, 0.717) is 16.7 Å². The predicted octanol–water partition coefficient (Wildman–Crippen LogP) is 1.59. The number of aliphatic hydroxyl groups is 1. The van der Waals surface area contributed by atoms with E-state index in [4.69, 9.17) is 16.6 Å². The Labute approximate surface area is 122 Å². The van der Waals surface area contributed by atoms with Crippen LogP contribution in [0.3, 0.4) is 0 Å². The van der Waals surface area contributed by atoms with Gasteiger partial charge in [0.25, 0.3) is 0 Å². The maximum absolute atomic E-state index is 14.2. The zero-order valence-corrected chi connectivity index (χ0v) is 11.5. The number of nitrogens with two attached hydrogens (primary N) is 2. The summed E-state index contributed by atoms with van der Waals surface area (Å²) < 4.78 is 14.2. The van der Waals surface area contributed by atoms with Gasteiger partial charge in [-0.15, -0.1) is 0 Å². The summed E-state index contributed by atoms with van der Waals surface area (Å²) in [6.07, 6.45) is 0.136. The molecule has 0 saturated heterocycles. The van der Waals surface area contributed by atoms with Crippen molar-refractivity contribution < 1.29 is 14.3 Å². The summed E-state index contributed by atoms with van der Waals surface area (Å²) in [5.74, 6) is -1.28. The summed E-state index contributed by atoms with van der Waals surface area (Å²) in [4.78, 5) is 11.6. The van der Waals surface area contributed by atoms with Crippen molar-refractivity contribution in [3.8, 4) is 11.1 Å². The summed E-state index contributed by atoms with van der Waals surface area (Å²) in [5, 5.41) is 9.10. The molecular weight excluding hydrogens is 271 g/mol. The Morgan fingerprint density at radius 2 is 1.86 bits per heavy atom. The molecule has 2 rings (SSSR count). The minimum absolute atomic E-state index is 0.0532. The van der Waals surface area contributed by atoms with Crippen molar-refractivity contribution in [3.05, 3.63) is 58.9 Å². The van der Waals surface area contributed by atoms with Gasteiger partial charge in [0.1, 0.15) is 5.82 Å². The Hall–Kier alpha value is -2.24. The highest BCUT2D eigenvalue weighted by Gasteiger charge is 2.20. The number of benzene rings is 2. The molecule has 0 radical (unpaired) electrons. The number of hydrogen-bond acceptors (Lipinski definition) is 3. The molecule has 0 heterocycles. The fourth-order valence-corrected chi connectivity index (χ4v) is 2.48. The lowest BCUT2D eigenvalue weighted by atomic mass is 9.89. The van der Waals surface area contributed by atoms with Gasteiger partial charge in [0.15, 0.2) is 0 Å². The fraction of sp³-hybridized carbons (Fsp3) is 0.188. The van der Waals surface area contributed by atoms with E-state index in [9.17, 15) is 9.18 Å². The largest absolute Gasteiger partial charge is 0.396 e. The van der Waals surface area contributed by atoms with Gasteiger partial charge in [0, 0.05) is 13.2 Å². The van der Waals surface area contributed by atoms with Crippen molar-refractivity contribution in [2.24, 2.45) is 11.5 Å². The molecule has 0 bridgehead atoms. The first-order chi connectivity index (χ1) is 10.1. The molecule has 0 aliphatic carbocycles. The van der Waals surface area contributed by atoms with Gasteiger partial charge < -0.3 is 16.6 Å². The molecule has 2 aromatic carbocycles. The van der Waals surface area contributed by atoms with Gasteiger partial charge in [-0.05, 0) is 34.7 Å². The molecule has 21 heavy (non-hydrogen) atoms. The molecule has 0 aliphatic rings. The van der Waals surface area contributed by atoms with E-state index in [1.54, 1.807) is 0 Å². The summed E-state index contributed by atoms with van der Waals surface area (Å²) in [5.41, 5.74) is 13.3. The van der Waals surface area contributed by atoms with E-state index < -0.39 is 11.7 Å². The van der Waals surface area contributed by atoms with Gasteiger partial charge in [-0.25, -0.2) is 4.39 Å². The first-order valence-electron chi connectivity index (χ1n) is 6.60. The molecule has 0 fully saturated rings. The van der Waals surface area contributed by atoms with Crippen LogP contribution in [0.25, 0.3) is 11.1 Å². The molecule has 0 saturated carbocycles. The van der Waals surface area contributed by atoms with Crippen LogP contribution < -0.4 is 11.5 Å². The normalized spacial score (nSPS) is 10.6. The highest BCUT2D eigenvalue weighted by atomic mass is 19.1. The Kier molecular flexibility index (Phi) is 4.67. The van der Waals surface area contributed by atoms with Gasteiger partial charge in [-0.3, -0.25) is 4.79 Å².